The number of aromatic nitrogens is 1. The smallest absolute Gasteiger partial charge is 0.255 e. The second-order valence-electron chi connectivity index (χ2n) is 4.00. The van der Waals surface area contributed by atoms with Crippen LogP contribution in [0.4, 0.5) is 5.69 Å². The number of anilines is 1. The van der Waals surface area contributed by atoms with Crippen LogP contribution in [0.2, 0.25) is 0 Å². The van der Waals surface area contributed by atoms with E-state index in [4.69, 9.17) is 0 Å². The van der Waals surface area contributed by atoms with Gasteiger partial charge in [0, 0.05) is 28.3 Å². The van der Waals surface area contributed by atoms with E-state index in [9.17, 15) is 4.79 Å². The lowest BCUT2D eigenvalue weighted by atomic mass is 10.2. The van der Waals surface area contributed by atoms with Crippen molar-refractivity contribution >= 4 is 38.9 Å². The number of aryl methyl sites for hydroxylation is 1. The van der Waals surface area contributed by atoms with Crippen LogP contribution in [0.5, 0.6) is 0 Å². The fraction of sp³-hybridized carbons (Fsp3) is 0.231. The standard InChI is InChI=1S/C13H14BrN3OS/c1-8-5-11(15-2)9(6-16-8)13(18)17-7-12-10(14)3-4-19-12/h3-6H,7H2,1-2H3,(H,15,16)(H,17,18). The first-order valence-electron chi connectivity index (χ1n) is 5.76. The van der Waals surface area contributed by atoms with Crippen LogP contribution < -0.4 is 10.6 Å². The van der Waals surface area contributed by atoms with Crippen molar-refractivity contribution < 1.29 is 4.79 Å². The summed E-state index contributed by atoms with van der Waals surface area (Å²) in [6, 6.07) is 3.83. The van der Waals surface area contributed by atoms with E-state index in [0.29, 0.717) is 12.1 Å². The summed E-state index contributed by atoms with van der Waals surface area (Å²) in [5, 5.41) is 7.90. The van der Waals surface area contributed by atoms with Gasteiger partial charge in [0.15, 0.2) is 0 Å². The van der Waals surface area contributed by atoms with Crippen LogP contribution in [0.25, 0.3) is 0 Å². The van der Waals surface area contributed by atoms with Crippen molar-refractivity contribution in [3.05, 3.63) is 44.3 Å². The van der Waals surface area contributed by atoms with E-state index in [1.54, 1.807) is 24.6 Å². The van der Waals surface area contributed by atoms with Crippen LogP contribution in [0, 0.1) is 6.92 Å². The zero-order valence-corrected chi connectivity index (χ0v) is 13.1. The predicted molar refractivity (Wildman–Crippen MR) is 81.7 cm³/mol. The maximum Gasteiger partial charge on any atom is 0.255 e. The molecule has 2 aromatic rings. The molecule has 0 saturated heterocycles. The van der Waals surface area contributed by atoms with E-state index in [1.165, 1.54) is 0 Å². The van der Waals surface area contributed by atoms with Crippen LogP contribution in [-0.2, 0) is 6.54 Å². The Labute approximate surface area is 124 Å². The molecule has 0 aromatic carbocycles. The summed E-state index contributed by atoms with van der Waals surface area (Å²) in [7, 11) is 1.79. The second-order valence-corrected chi connectivity index (χ2v) is 5.85. The number of rotatable bonds is 4. The average Bonchev–Trinajstić information content (AvgIpc) is 2.81. The van der Waals surface area contributed by atoms with Gasteiger partial charge in [-0.1, -0.05) is 0 Å². The number of carbonyl (C=O) groups is 1. The molecule has 4 nitrogen and oxygen atoms in total. The van der Waals surface area contributed by atoms with Gasteiger partial charge >= 0.3 is 0 Å². The van der Waals surface area contributed by atoms with E-state index in [1.807, 2.05) is 24.4 Å². The highest BCUT2D eigenvalue weighted by Crippen LogP contribution is 2.22. The molecule has 0 aliphatic rings. The van der Waals surface area contributed by atoms with Crippen LogP contribution in [-0.4, -0.2) is 17.9 Å². The van der Waals surface area contributed by atoms with Gasteiger partial charge in [0.1, 0.15) is 0 Å². The molecule has 1 amide bonds. The summed E-state index contributed by atoms with van der Waals surface area (Å²) in [6.45, 7) is 2.40. The van der Waals surface area contributed by atoms with Gasteiger partial charge in [-0.25, -0.2) is 0 Å². The molecule has 2 N–H and O–H groups in total. The summed E-state index contributed by atoms with van der Waals surface area (Å²) in [6.07, 6.45) is 1.60. The maximum absolute atomic E-state index is 12.1. The fourth-order valence-corrected chi connectivity index (χ4v) is 3.09. The Bertz CT molecular complexity index is 597. The van der Waals surface area contributed by atoms with E-state index < -0.39 is 0 Å². The number of nitrogens with one attached hydrogen (secondary N) is 2. The third-order valence-electron chi connectivity index (χ3n) is 2.66. The largest absolute Gasteiger partial charge is 0.387 e. The Morgan fingerprint density at radius 1 is 1.53 bits per heavy atom. The number of nitrogens with zero attached hydrogens (tertiary/aromatic N) is 1. The summed E-state index contributed by atoms with van der Waals surface area (Å²) >= 11 is 5.05. The van der Waals surface area contributed by atoms with Gasteiger partial charge in [-0.15, -0.1) is 11.3 Å². The number of amides is 1. The molecule has 0 atom stereocenters. The third-order valence-corrected chi connectivity index (χ3v) is 4.58. The number of hydrogen-bond donors (Lipinski definition) is 2. The van der Waals surface area contributed by atoms with Crippen molar-refractivity contribution in [1.29, 1.82) is 0 Å². The molecule has 2 rings (SSSR count). The SMILES string of the molecule is CNc1cc(C)ncc1C(=O)NCc1sccc1Br. The molecule has 2 aromatic heterocycles. The number of pyridine rings is 1. The number of hydrogen-bond acceptors (Lipinski definition) is 4. The Morgan fingerprint density at radius 3 is 2.95 bits per heavy atom. The molecule has 2 heterocycles. The Kier molecular flexibility index (Phi) is 4.55. The van der Waals surface area contributed by atoms with Gasteiger partial charge in [-0.3, -0.25) is 9.78 Å². The minimum absolute atomic E-state index is 0.128. The van der Waals surface area contributed by atoms with E-state index in [2.05, 4.69) is 31.5 Å². The van der Waals surface area contributed by atoms with Crippen LogP contribution in [0.1, 0.15) is 20.9 Å². The van der Waals surface area contributed by atoms with Crippen molar-refractivity contribution in [3.8, 4) is 0 Å². The third kappa shape index (κ3) is 3.33. The number of halogens is 1. The number of thiophene rings is 1. The first-order chi connectivity index (χ1) is 9.11. The zero-order valence-electron chi connectivity index (χ0n) is 10.7. The van der Waals surface area contributed by atoms with Gasteiger partial charge in [0.25, 0.3) is 5.91 Å². The lowest BCUT2D eigenvalue weighted by Gasteiger charge is -2.09. The molecule has 6 heteroatoms. The molecule has 0 saturated carbocycles. The zero-order chi connectivity index (χ0) is 13.8. The Balaban J connectivity index is 2.10. The predicted octanol–water partition coefficient (Wildman–Crippen LogP) is 3.19. The average molecular weight is 340 g/mol. The van der Waals surface area contributed by atoms with E-state index in [0.717, 1.165) is 20.7 Å². The van der Waals surface area contributed by atoms with Crippen molar-refractivity contribution in [2.45, 2.75) is 13.5 Å². The molecule has 0 radical (unpaired) electrons. The van der Waals surface area contributed by atoms with Crippen molar-refractivity contribution in [2.24, 2.45) is 0 Å². The first kappa shape index (κ1) is 14.0. The molecular weight excluding hydrogens is 326 g/mol. The lowest BCUT2D eigenvalue weighted by molar-refractivity contribution is 0.0951. The molecule has 0 fully saturated rings. The molecule has 0 bridgehead atoms. The summed E-state index contributed by atoms with van der Waals surface area (Å²) < 4.78 is 1.02. The van der Waals surface area contributed by atoms with Crippen molar-refractivity contribution in [2.75, 3.05) is 12.4 Å². The van der Waals surface area contributed by atoms with Gasteiger partial charge in [0.05, 0.1) is 17.8 Å². The molecule has 0 unspecified atom stereocenters. The number of carbonyl (C=O) groups excluding carboxylic acids is 1. The molecule has 0 aliphatic heterocycles. The highest BCUT2D eigenvalue weighted by Gasteiger charge is 2.12. The highest BCUT2D eigenvalue weighted by atomic mass is 79.9. The molecule has 19 heavy (non-hydrogen) atoms. The maximum atomic E-state index is 12.1. The van der Waals surface area contributed by atoms with Gasteiger partial charge < -0.3 is 10.6 Å². The lowest BCUT2D eigenvalue weighted by Crippen LogP contribution is -2.23. The van der Waals surface area contributed by atoms with E-state index in [-0.39, 0.29) is 5.91 Å². The summed E-state index contributed by atoms with van der Waals surface area (Å²) in [5.74, 6) is -0.128. The van der Waals surface area contributed by atoms with Gasteiger partial charge in [0.2, 0.25) is 0 Å². The second kappa shape index (κ2) is 6.16. The quantitative estimate of drug-likeness (QED) is 0.899. The monoisotopic (exact) mass is 339 g/mol. The minimum Gasteiger partial charge on any atom is -0.387 e. The topological polar surface area (TPSA) is 54.0 Å². The fourth-order valence-electron chi connectivity index (χ4n) is 1.65. The van der Waals surface area contributed by atoms with Crippen LogP contribution in [0.15, 0.2) is 28.2 Å². The van der Waals surface area contributed by atoms with E-state index >= 15 is 0 Å². The Hall–Kier alpha value is -1.40. The summed E-state index contributed by atoms with van der Waals surface area (Å²) in [5.41, 5.74) is 2.22. The normalized spacial score (nSPS) is 10.3. The van der Waals surface area contributed by atoms with Gasteiger partial charge in [-0.2, -0.15) is 0 Å². The van der Waals surface area contributed by atoms with Crippen LogP contribution in [0.3, 0.4) is 0 Å². The van der Waals surface area contributed by atoms with Crippen LogP contribution >= 0.6 is 27.3 Å². The molecule has 0 spiro atoms. The first-order valence-corrected chi connectivity index (χ1v) is 7.43. The minimum atomic E-state index is -0.128. The van der Waals surface area contributed by atoms with Crippen molar-refractivity contribution in [3.63, 3.8) is 0 Å². The molecule has 100 valence electrons. The molecular formula is C13H14BrN3OS. The summed E-state index contributed by atoms with van der Waals surface area (Å²) in [4.78, 5) is 17.4. The van der Waals surface area contributed by atoms with Gasteiger partial charge in [-0.05, 0) is 40.4 Å². The molecule has 0 aliphatic carbocycles. The van der Waals surface area contributed by atoms with Crippen molar-refractivity contribution in [1.82, 2.24) is 10.3 Å². The highest BCUT2D eigenvalue weighted by molar-refractivity contribution is 9.10. The Morgan fingerprint density at radius 2 is 2.32 bits per heavy atom.